The first-order chi connectivity index (χ1) is 9.36. The summed E-state index contributed by atoms with van der Waals surface area (Å²) in [4.78, 5) is 12.0. The van der Waals surface area contributed by atoms with Crippen LogP contribution in [0.25, 0.3) is 0 Å². The highest BCUT2D eigenvalue weighted by atomic mass is 16.3. The van der Waals surface area contributed by atoms with Crippen LogP contribution in [-0.4, -0.2) is 23.2 Å². The average Bonchev–Trinajstić information content (AvgIpc) is 2.43. The molecule has 0 radical (unpaired) electrons. The van der Waals surface area contributed by atoms with Gasteiger partial charge >= 0.3 is 0 Å². The van der Waals surface area contributed by atoms with Crippen LogP contribution >= 0.6 is 0 Å². The quantitative estimate of drug-likeness (QED) is 0.752. The summed E-state index contributed by atoms with van der Waals surface area (Å²) in [5, 5.41) is 12.9. The number of aliphatic hydroxyl groups is 1. The zero-order chi connectivity index (χ0) is 15.2. The number of amides is 1. The molecule has 0 aliphatic heterocycles. The smallest absolute Gasteiger partial charge is 0.221 e. The third kappa shape index (κ3) is 4.82. The van der Waals surface area contributed by atoms with Gasteiger partial charge in [0.05, 0.1) is 5.60 Å². The fourth-order valence-electron chi connectivity index (χ4n) is 1.79. The van der Waals surface area contributed by atoms with Crippen molar-refractivity contribution < 1.29 is 9.90 Å². The molecule has 0 heterocycles. The molecule has 110 valence electrons. The second-order valence-electron chi connectivity index (χ2n) is 5.75. The first-order valence-electron chi connectivity index (χ1n) is 7.03. The Labute approximate surface area is 121 Å². The molecule has 2 N–H and O–H groups in total. The average molecular weight is 275 g/mol. The Balaban J connectivity index is 2.55. The number of hydrogen-bond acceptors (Lipinski definition) is 2. The normalized spacial score (nSPS) is 15.4. The van der Waals surface area contributed by atoms with E-state index in [0.717, 1.165) is 5.56 Å². The number of carbonyl (C=O) groups excluding carboxylic acids is 1. The van der Waals surface area contributed by atoms with Crippen molar-refractivity contribution in [3.8, 4) is 0 Å². The van der Waals surface area contributed by atoms with Crippen molar-refractivity contribution in [1.29, 1.82) is 0 Å². The summed E-state index contributed by atoms with van der Waals surface area (Å²) < 4.78 is 0. The number of nitrogens with one attached hydrogen (secondary N) is 1. The van der Waals surface area contributed by atoms with Gasteiger partial charge in [-0.15, -0.1) is 6.58 Å². The zero-order valence-corrected chi connectivity index (χ0v) is 12.6. The fourth-order valence-corrected chi connectivity index (χ4v) is 1.79. The molecule has 20 heavy (non-hydrogen) atoms. The molecule has 1 amide bonds. The lowest BCUT2D eigenvalue weighted by Gasteiger charge is -2.28. The maximum atomic E-state index is 12.0. The number of allylic oxidation sites excluding steroid dienone is 1. The van der Waals surface area contributed by atoms with Crippen LogP contribution in [0.15, 0.2) is 43.0 Å². The molecular weight excluding hydrogens is 250 g/mol. The standard InChI is InChI=1S/C17H25NO2/c1-5-14(15-9-7-6-8-10-15)11-16(19)18-12-17(4,20)13(2)3/h5-10,13-14,20H,1,11-12H2,2-4H3,(H,18,19). The Hall–Kier alpha value is -1.61. The van der Waals surface area contributed by atoms with E-state index in [1.54, 1.807) is 13.0 Å². The molecular formula is C17H25NO2. The van der Waals surface area contributed by atoms with E-state index >= 15 is 0 Å². The van der Waals surface area contributed by atoms with Gasteiger partial charge < -0.3 is 10.4 Å². The number of hydrogen-bond donors (Lipinski definition) is 2. The van der Waals surface area contributed by atoms with Gasteiger partial charge in [0.25, 0.3) is 0 Å². The number of benzene rings is 1. The van der Waals surface area contributed by atoms with Crippen molar-refractivity contribution in [2.75, 3.05) is 6.54 Å². The molecule has 1 aromatic carbocycles. The van der Waals surface area contributed by atoms with Gasteiger partial charge in [-0.05, 0) is 18.4 Å². The van der Waals surface area contributed by atoms with E-state index in [0.29, 0.717) is 6.42 Å². The van der Waals surface area contributed by atoms with Crippen LogP contribution in [0.3, 0.4) is 0 Å². The lowest BCUT2D eigenvalue weighted by molar-refractivity contribution is -0.122. The van der Waals surface area contributed by atoms with Crippen LogP contribution in [0, 0.1) is 5.92 Å². The van der Waals surface area contributed by atoms with Crippen LogP contribution in [0.1, 0.15) is 38.7 Å². The lowest BCUT2D eigenvalue weighted by Crippen LogP contribution is -2.44. The van der Waals surface area contributed by atoms with Crippen LogP contribution in [0.4, 0.5) is 0 Å². The SMILES string of the molecule is C=CC(CC(=O)NCC(C)(O)C(C)C)c1ccccc1. The highest BCUT2D eigenvalue weighted by Crippen LogP contribution is 2.20. The minimum atomic E-state index is -0.883. The van der Waals surface area contributed by atoms with E-state index in [-0.39, 0.29) is 24.3 Å². The highest BCUT2D eigenvalue weighted by Gasteiger charge is 2.25. The Morgan fingerprint density at radius 3 is 2.50 bits per heavy atom. The predicted molar refractivity (Wildman–Crippen MR) is 82.5 cm³/mol. The van der Waals surface area contributed by atoms with E-state index in [9.17, 15) is 9.90 Å². The summed E-state index contributed by atoms with van der Waals surface area (Å²) in [6, 6.07) is 9.83. The summed E-state index contributed by atoms with van der Waals surface area (Å²) in [7, 11) is 0. The van der Waals surface area contributed by atoms with Crippen molar-refractivity contribution in [3.05, 3.63) is 48.6 Å². The second kappa shape index (κ2) is 7.25. The minimum Gasteiger partial charge on any atom is -0.388 e. The van der Waals surface area contributed by atoms with E-state index < -0.39 is 5.60 Å². The summed E-state index contributed by atoms with van der Waals surface area (Å²) >= 11 is 0. The van der Waals surface area contributed by atoms with Crippen molar-refractivity contribution in [1.82, 2.24) is 5.32 Å². The van der Waals surface area contributed by atoms with Crippen molar-refractivity contribution in [3.63, 3.8) is 0 Å². The van der Waals surface area contributed by atoms with Crippen LogP contribution < -0.4 is 5.32 Å². The van der Waals surface area contributed by atoms with E-state index in [1.165, 1.54) is 0 Å². The molecule has 0 bridgehead atoms. The number of carbonyl (C=O) groups is 1. The van der Waals surface area contributed by atoms with Gasteiger partial charge in [0.15, 0.2) is 0 Å². The van der Waals surface area contributed by atoms with Gasteiger partial charge in [0.2, 0.25) is 5.91 Å². The largest absolute Gasteiger partial charge is 0.388 e. The van der Waals surface area contributed by atoms with Crippen LogP contribution in [0.5, 0.6) is 0 Å². The summed E-state index contributed by atoms with van der Waals surface area (Å²) in [5.41, 5.74) is 0.194. The van der Waals surface area contributed by atoms with E-state index in [2.05, 4.69) is 11.9 Å². The molecule has 0 aromatic heterocycles. The lowest BCUT2D eigenvalue weighted by atomic mass is 9.92. The van der Waals surface area contributed by atoms with Gasteiger partial charge in [-0.25, -0.2) is 0 Å². The van der Waals surface area contributed by atoms with E-state index in [1.807, 2.05) is 44.2 Å². The Morgan fingerprint density at radius 1 is 1.40 bits per heavy atom. The third-order valence-electron chi connectivity index (χ3n) is 3.80. The van der Waals surface area contributed by atoms with Gasteiger partial charge in [-0.1, -0.05) is 50.3 Å². The molecule has 0 aliphatic rings. The summed E-state index contributed by atoms with van der Waals surface area (Å²) in [5.74, 6) is 0.0204. The molecule has 3 heteroatoms. The minimum absolute atomic E-state index is 0.000184. The highest BCUT2D eigenvalue weighted by molar-refractivity contribution is 5.77. The van der Waals surface area contributed by atoms with Gasteiger partial charge in [-0.2, -0.15) is 0 Å². The number of rotatable bonds is 7. The maximum absolute atomic E-state index is 12.0. The molecule has 0 saturated carbocycles. The Bertz CT molecular complexity index is 438. The molecule has 0 saturated heterocycles. The molecule has 2 unspecified atom stereocenters. The van der Waals surface area contributed by atoms with Crippen molar-refractivity contribution in [2.45, 2.75) is 38.7 Å². The summed E-state index contributed by atoms with van der Waals surface area (Å²) in [6.45, 7) is 9.67. The first-order valence-corrected chi connectivity index (χ1v) is 7.03. The van der Waals surface area contributed by atoms with Crippen molar-refractivity contribution >= 4 is 5.91 Å². The monoisotopic (exact) mass is 275 g/mol. The van der Waals surface area contributed by atoms with Crippen LogP contribution in [-0.2, 0) is 4.79 Å². The Kier molecular flexibility index (Phi) is 5.96. The molecule has 3 nitrogen and oxygen atoms in total. The molecule has 1 aromatic rings. The van der Waals surface area contributed by atoms with Gasteiger partial charge in [0, 0.05) is 18.9 Å². The van der Waals surface area contributed by atoms with Gasteiger partial charge in [0.1, 0.15) is 0 Å². The predicted octanol–water partition coefficient (Wildman–Crippen LogP) is 2.87. The zero-order valence-electron chi connectivity index (χ0n) is 12.6. The molecule has 0 spiro atoms. The Morgan fingerprint density at radius 2 is 2.00 bits per heavy atom. The van der Waals surface area contributed by atoms with E-state index in [4.69, 9.17) is 0 Å². The topological polar surface area (TPSA) is 49.3 Å². The third-order valence-corrected chi connectivity index (χ3v) is 3.80. The van der Waals surface area contributed by atoms with Crippen LogP contribution in [0.2, 0.25) is 0 Å². The molecule has 0 fully saturated rings. The fraction of sp³-hybridized carbons (Fsp3) is 0.471. The van der Waals surface area contributed by atoms with Gasteiger partial charge in [-0.3, -0.25) is 4.79 Å². The molecule has 0 aliphatic carbocycles. The first kappa shape index (κ1) is 16.4. The second-order valence-corrected chi connectivity index (χ2v) is 5.75. The van der Waals surface area contributed by atoms with Crippen molar-refractivity contribution in [2.24, 2.45) is 5.92 Å². The molecule has 2 atom stereocenters. The maximum Gasteiger partial charge on any atom is 0.221 e. The summed E-state index contributed by atoms with van der Waals surface area (Å²) in [6.07, 6.45) is 2.14. The molecule has 1 rings (SSSR count).